The van der Waals surface area contributed by atoms with Crippen LogP contribution in [0.2, 0.25) is 0 Å². The standard InChI is InChI=1S/2C10H23O4P.Cr/c2*1-3-5-7-9-13-15(11,12)14-10-8-6-4-2;/h2*3-10H2,1-2H3,(H,11,12);/q;;+2/p-2. The average molecular weight is 527 g/mol. The first-order valence-electron chi connectivity index (χ1n) is 11.4. The van der Waals surface area contributed by atoms with Gasteiger partial charge in [-0.05, 0) is 25.7 Å². The molecule has 0 saturated heterocycles. The Morgan fingerprint density at radius 2 is 0.677 bits per heavy atom. The van der Waals surface area contributed by atoms with Crippen molar-refractivity contribution in [2.45, 2.75) is 105 Å². The second-order valence-corrected chi connectivity index (χ2v) is 9.88. The van der Waals surface area contributed by atoms with Crippen LogP contribution in [-0.4, -0.2) is 26.4 Å². The second-order valence-electron chi connectivity index (χ2n) is 7.06. The van der Waals surface area contributed by atoms with Crippen LogP contribution in [0.5, 0.6) is 0 Å². The predicted molar refractivity (Wildman–Crippen MR) is 117 cm³/mol. The SMILES string of the molecule is CCCCCOP(=O)([O-])OCCCCC.CCCCCOP(=O)([O-])OCCCCC.[Cr+2]. The summed E-state index contributed by atoms with van der Waals surface area (Å²) in [6, 6.07) is 0. The first kappa shape index (κ1) is 36.3. The third-order valence-corrected chi connectivity index (χ3v) is 5.98. The summed E-state index contributed by atoms with van der Waals surface area (Å²) in [5.41, 5.74) is 0. The van der Waals surface area contributed by atoms with E-state index < -0.39 is 15.6 Å². The molecule has 0 aromatic heterocycles. The summed E-state index contributed by atoms with van der Waals surface area (Å²) in [6.45, 7) is 9.17. The molecule has 11 heteroatoms. The first-order chi connectivity index (χ1) is 14.2. The van der Waals surface area contributed by atoms with Crippen molar-refractivity contribution >= 4 is 15.6 Å². The fourth-order valence-electron chi connectivity index (χ4n) is 2.19. The molecule has 0 aromatic rings. The van der Waals surface area contributed by atoms with Crippen LogP contribution in [0.25, 0.3) is 0 Å². The smallest absolute Gasteiger partial charge is 0.756 e. The Bertz CT molecular complexity index is 383. The molecule has 0 fully saturated rings. The maximum Gasteiger partial charge on any atom is 2.00 e. The Hall–Kier alpha value is 0.752. The van der Waals surface area contributed by atoms with E-state index in [0.717, 1.165) is 77.0 Å². The molecular formula is C20H44CrO8P2. The van der Waals surface area contributed by atoms with Crippen molar-refractivity contribution < 1.29 is 54.4 Å². The molecule has 8 nitrogen and oxygen atoms in total. The fraction of sp³-hybridized carbons (Fsp3) is 1.00. The van der Waals surface area contributed by atoms with Crippen LogP contribution in [-0.2, 0) is 44.6 Å². The summed E-state index contributed by atoms with van der Waals surface area (Å²) in [5.74, 6) is 0. The number of phosphoric acid groups is 2. The van der Waals surface area contributed by atoms with E-state index in [-0.39, 0.29) is 43.8 Å². The largest absolute Gasteiger partial charge is 2.00 e. The number of hydrogen-bond donors (Lipinski definition) is 0. The molecular weight excluding hydrogens is 482 g/mol. The summed E-state index contributed by atoms with van der Waals surface area (Å²) in [7, 11) is -8.05. The van der Waals surface area contributed by atoms with Gasteiger partial charge >= 0.3 is 17.4 Å². The van der Waals surface area contributed by atoms with Crippen LogP contribution in [0.15, 0.2) is 0 Å². The van der Waals surface area contributed by atoms with Crippen molar-refractivity contribution in [3.05, 3.63) is 0 Å². The van der Waals surface area contributed by atoms with Gasteiger partial charge in [0.25, 0.3) is 15.6 Å². The predicted octanol–water partition coefficient (Wildman–Crippen LogP) is 5.73. The van der Waals surface area contributed by atoms with E-state index in [2.05, 4.69) is 45.8 Å². The van der Waals surface area contributed by atoms with Crippen molar-refractivity contribution in [1.29, 1.82) is 0 Å². The Morgan fingerprint density at radius 3 is 0.839 bits per heavy atom. The molecule has 0 amide bonds. The summed E-state index contributed by atoms with van der Waals surface area (Å²) < 4.78 is 41.0. The van der Waals surface area contributed by atoms with E-state index in [9.17, 15) is 18.9 Å². The Morgan fingerprint density at radius 1 is 0.484 bits per heavy atom. The summed E-state index contributed by atoms with van der Waals surface area (Å²) in [5, 5.41) is 0. The summed E-state index contributed by atoms with van der Waals surface area (Å²) in [4.78, 5) is 22.3. The number of unbranched alkanes of at least 4 members (excludes halogenated alkanes) is 8. The third kappa shape index (κ3) is 30.8. The van der Waals surface area contributed by atoms with Crippen LogP contribution < -0.4 is 9.79 Å². The molecule has 0 radical (unpaired) electrons. The van der Waals surface area contributed by atoms with Gasteiger partial charge in [-0.25, -0.2) is 0 Å². The van der Waals surface area contributed by atoms with Crippen molar-refractivity contribution in [2.24, 2.45) is 0 Å². The molecule has 0 N–H and O–H groups in total. The zero-order valence-corrected chi connectivity index (χ0v) is 22.9. The van der Waals surface area contributed by atoms with Crippen LogP contribution in [0.4, 0.5) is 0 Å². The zero-order chi connectivity index (χ0) is 23.1. The third-order valence-electron chi connectivity index (χ3n) is 3.99. The molecule has 0 aliphatic rings. The molecule has 0 spiro atoms. The van der Waals surface area contributed by atoms with Gasteiger partial charge in [-0.3, -0.25) is 9.13 Å². The van der Waals surface area contributed by atoms with Crippen LogP contribution in [0.3, 0.4) is 0 Å². The van der Waals surface area contributed by atoms with Gasteiger partial charge in [-0.1, -0.05) is 79.1 Å². The maximum absolute atomic E-state index is 11.1. The van der Waals surface area contributed by atoms with E-state index in [1.165, 1.54) is 0 Å². The summed E-state index contributed by atoms with van der Waals surface area (Å²) in [6.07, 6.45) is 11.2. The fourth-order valence-corrected chi connectivity index (χ4v) is 3.75. The Balaban J connectivity index is -0.000000490. The zero-order valence-electron chi connectivity index (χ0n) is 19.9. The van der Waals surface area contributed by atoms with Gasteiger partial charge < -0.3 is 27.9 Å². The van der Waals surface area contributed by atoms with Crippen molar-refractivity contribution in [3.8, 4) is 0 Å². The average Bonchev–Trinajstić information content (AvgIpc) is 2.70. The number of hydrogen-bond acceptors (Lipinski definition) is 8. The van der Waals surface area contributed by atoms with Crippen LogP contribution in [0.1, 0.15) is 105 Å². The van der Waals surface area contributed by atoms with E-state index in [1.54, 1.807) is 0 Å². The first-order valence-corrected chi connectivity index (χ1v) is 14.4. The molecule has 31 heavy (non-hydrogen) atoms. The minimum atomic E-state index is -4.02. The van der Waals surface area contributed by atoms with Crippen molar-refractivity contribution in [3.63, 3.8) is 0 Å². The van der Waals surface area contributed by atoms with Crippen LogP contribution in [0, 0.1) is 0 Å². The molecule has 0 atom stereocenters. The molecule has 0 aromatic carbocycles. The maximum atomic E-state index is 11.1. The molecule has 0 unspecified atom stereocenters. The monoisotopic (exact) mass is 526 g/mol. The topological polar surface area (TPSA) is 117 Å². The minimum Gasteiger partial charge on any atom is -0.756 e. The van der Waals surface area contributed by atoms with E-state index >= 15 is 0 Å². The molecule has 0 aliphatic heterocycles. The van der Waals surface area contributed by atoms with E-state index in [4.69, 9.17) is 0 Å². The minimum absolute atomic E-state index is 0. The van der Waals surface area contributed by atoms with Gasteiger partial charge in [0, 0.05) is 0 Å². The Kier molecular flexibility index (Phi) is 29.7. The number of phosphoric ester groups is 2. The molecule has 0 saturated carbocycles. The van der Waals surface area contributed by atoms with Gasteiger partial charge in [0.2, 0.25) is 0 Å². The number of rotatable bonds is 20. The van der Waals surface area contributed by atoms with Gasteiger partial charge in [-0.15, -0.1) is 0 Å². The van der Waals surface area contributed by atoms with Gasteiger partial charge in [0.05, 0.1) is 26.4 Å². The summed E-state index contributed by atoms with van der Waals surface area (Å²) >= 11 is 0. The van der Waals surface area contributed by atoms with Crippen LogP contribution >= 0.6 is 15.6 Å². The van der Waals surface area contributed by atoms with Crippen molar-refractivity contribution in [2.75, 3.05) is 26.4 Å². The second kappa shape index (κ2) is 25.4. The molecule has 0 heterocycles. The Labute approximate surface area is 201 Å². The normalized spacial score (nSPS) is 11.5. The molecule has 188 valence electrons. The van der Waals surface area contributed by atoms with Gasteiger partial charge in [0.15, 0.2) is 0 Å². The molecule has 0 bridgehead atoms. The quantitative estimate of drug-likeness (QED) is 0.146. The van der Waals surface area contributed by atoms with E-state index in [1.807, 2.05) is 0 Å². The van der Waals surface area contributed by atoms with Gasteiger partial charge in [-0.2, -0.15) is 0 Å². The van der Waals surface area contributed by atoms with Gasteiger partial charge in [0.1, 0.15) is 0 Å². The van der Waals surface area contributed by atoms with Crippen molar-refractivity contribution in [1.82, 2.24) is 0 Å². The molecule has 0 aliphatic carbocycles. The van der Waals surface area contributed by atoms with E-state index in [0.29, 0.717) is 0 Å². The molecule has 0 rings (SSSR count).